The van der Waals surface area contributed by atoms with Gasteiger partial charge in [0.2, 0.25) is 0 Å². The highest BCUT2D eigenvalue weighted by Crippen LogP contribution is 2.11. The quantitative estimate of drug-likeness (QED) is 0.607. The van der Waals surface area contributed by atoms with Crippen molar-refractivity contribution in [2.45, 2.75) is 13.3 Å². The molecule has 1 aromatic rings. The highest BCUT2D eigenvalue weighted by molar-refractivity contribution is 5.90. The van der Waals surface area contributed by atoms with Gasteiger partial charge >= 0.3 is 5.97 Å². The van der Waals surface area contributed by atoms with Crippen LogP contribution in [0.3, 0.4) is 0 Å². The zero-order valence-corrected chi connectivity index (χ0v) is 9.32. The molecule has 3 nitrogen and oxygen atoms in total. The van der Waals surface area contributed by atoms with E-state index in [4.69, 9.17) is 11.2 Å². The van der Waals surface area contributed by atoms with Gasteiger partial charge in [-0.3, -0.25) is 0 Å². The number of nitrogens with one attached hydrogen (secondary N) is 1. The molecule has 3 heteroatoms. The number of terminal acetylenes is 1. The van der Waals surface area contributed by atoms with E-state index in [0.717, 1.165) is 18.7 Å². The van der Waals surface area contributed by atoms with Crippen molar-refractivity contribution in [3.63, 3.8) is 0 Å². The van der Waals surface area contributed by atoms with Crippen LogP contribution in [-0.2, 0) is 4.74 Å². The monoisotopic (exact) mass is 217 g/mol. The molecule has 0 saturated heterocycles. The van der Waals surface area contributed by atoms with Crippen molar-refractivity contribution >= 4 is 11.7 Å². The Balaban J connectivity index is 2.66. The average molecular weight is 217 g/mol. The van der Waals surface area contributed by atoms with Crippen LogP contribution in [0.15, 0.2) is 24.3 Å². The van der Waals surface area contributed by atoms with Crippen LogP contribution in [0.1, 0.15) is 23.7 Å². The van der Waals surface area contributed by atoms with Gasteiger partial charge in [-0.25, -0.2) is 4.79 Å². The number of benzene rings is 1. The Morgan fingerprint density at radius 3 is 3.06 bits per heavy atom. The molecule has 1 rings (SSSR count). The zero-order valence-electron chi connectivity index (χ0n) is 9.32. The van der Waals surface area contributed by atoms with Gasteiger partial charge < -0.3 is 10.1 Å². The molecule has 0 radical (unpaired) electrons. The fourth-order valence-electron chi connectivity index (χ4n) is 1.22. The van der Waals surface area contributed by atoms with Gasteiger partial charge in [0.15, 0.2) is 6.61 Å². The van der Waals surface area contributed by atoms with Crippen molar-refractivity contribution in [3.8, 4) is 12.3 Å². The lowest BCUT2D eigenvalue weighted by atomic mass is 10.2. The topological polar surface area (TPSA) is 38.3 Å². The van der Waals surface area contributed by atoms with Crippen LogP contribution >= 0.6 is 0 Å². The van der Waals surface area contributed by atoms with E-state index >= 15 is 0 Å². The Bertz CT molecular complexity index is 393. The maximum Gasteiger partial charge on any atom is 0.339 e. The van der Waals surface area contributed by atoms with Crippen molar-refractivity contribution in [1.82, 2.24) is 0 Å². The highest BCUT2D eigenvalue weighted by Gasteiger charge is 2.06. The molecule has 0 heterocycles. The maximum absolute atomic E-state index is 11.5. The van der Waals surface area contributed by atoms with Crippen molar-refractivity contribution < 1.29 is 9.53 Å². The van der Waals surface area contributed by atoms with E-state index < -0.39 is 5.97 Å². The molecule has 0 spiro atoms. The summed E-state index contributed by atoms with van der Waals surface area (Å²) in [5, 5.41) is 3.20. The van der Waals surface area contributed by atoms with Crippen molar-refractivity contribution in [1.29, 1.82) is 0 Å². The number of carbonyl (C=O) groups is 1. The van der Waals surface area contributed by atoms with Gasteiger partial charge in [0.05, 0.1) is 5.56 Å². The minimum absolute atomic E-state index is 0.00541. The summed E-state index contributed by atoms with van der Waals surface area (Å²) in [5.41, 5.74) is 1.42. The Morgan fingerprint density at radius 2 is 2.38 bits per heavy atom. The van der Waals surface area contributed by atoms with E-state index in [1.165, 1.54) is 0 Å². The lowest BCUT2D eigenvalue weighted by Crippen LogP contribution is -2.06. The lowest BCUT2D eigenvalue weighted by Gasteiger charge is -2.06. The van der Waals surface area contributed by atoms with Gasteiger partial charge in [-0.2, -0.15) is 0 Å². The molecule has 0 bridgehead atoms. The van der Waals surface area contributed by atoms with E-state index in [1.807, 2.05) is 12.1 Å². The molecule has 0 fully saturated rings. The molecule has 0 aliphatic rings. The number of carbonyl (C=O) groups excluding carboxylic acids is 1. The largest absolute Gasteiger partial charge is 0.449 e. The smallest absolute Gasteiger partial charge is 0.339 e. The van der Waals surface area contributed by atoms with E-state index in [1.54, 1.807) is 12.1 Å². The van der Waals surface area contributed by atoms with Crippen molar-refractivity contribution in [2.24, 2.45) is 0 Å². The first-order chi connectivity index (χ1) is 7.77. The van der Waals surface area contributed by atoms with E-state index in [0.29, 0.717) is 5.56 Å². The number of anilines is 1. The summed E-state index contributed by atoms with van der Waals surface area (Å²) in [5.74, 6) is 1.87. The Morgan fingerprint density at radius 1 is 1.56 bits per heavy atom. The second-order valence-corrected chi connectivity index (χ2v) is 3.29. The summed E-state index contributed by atoms with van der Waals surface area (Å²) >= 11 is 0. The standard InChI is InChI=1S/C13H15NO2/c1-3-8-14-12-7-5-6-11(10-12)13(15)16-9-4-2/h2,5-7,10,14H,3,8-9H2,1H3. The molecule has 84 valence electrons. The van der Waals surface area contributed by atoms with Crippen LogP contribution in [0.4, 0.5) is 5.69 Å². The molecule has 0 aliphatic heterocycles. The fourth-order valence-corrected chi connectivity index (χ4v) is 1.22. The summed E-state index contributed by atoms with van der Waals surface area (Å²) in [6.07, 6.45) is 6.04. The van der Waals surface area contributed by atoms with Gasteiger partial charge in [-0.1, -0.05) is 18.9 Å². The van der Waals surface area contributed by atoms with Gasteiger partial charge in [-0.05, 0) is 24.6 Å². The molecule has 0 amide bonds. The third kappa shape index (κ3) is 3.66. The number of ether oxygens (including phenoxy) is 1. The molecule has 1 aromatic carbocycles. The molecule has 1 N–H and O–H groups in total. The third-order valence-corrected chi connectivity index (χ3v) is 1.96. The molecule has 0 aromatic heterocycles. The Hall–Kier alpha value is -1.95. The summed E-state index contributed by atoms with van der Waals surface area (Å²) in [4.78, 5) is 11.5. The minimum Gasteiger partial charge on any atom is -0.449 e. The predicted octanol–water partition coefficient (Wildman–Crippen LogP) is 2.30. The van der Waals surface area contributed by atoms with Crippen LogP contribution < -0.4 is 5.32 Å². The van der Waals surface area contributed by atoms with Crippen molar-refractivity contribution in [3.05, 3.63) is 29.8 Å². The molecule has 16 heavy (non-hydrogen) atoms. The molecular formula is C13H15NO2. The minimum atomic E-state index is -0.391. The second kappa shape index (κ2) is 6.52. The molecule has 0 atom stereocenters. The third-order valence-electron chi connectivity index (χ3n) is 1.96. The van der Waals surface area contributed by atoms with Crippen LogP contribution in [0.5, 0.6) is 0 Å². The van der Waals surface area contributed by atoms with E-state index in [9.17, 15) is 4.79 Å². The van der Waals surface area contributed by atoms with E-state index in [-0.39, 0.29) is 6.61 Å². The fraction of sp³-hybridized carbons (Fsp3) is 0.308. The van der Waals surface area contributed by atoms with E-state index in [2.05, 4.69) is 18.2 Å². The lowest BCUT2D eigenvalue weighted by molar-refractivity contribution is 0.0557. The zero-order chi connectivity index (χ0) is 11.8. The number of hydrogen-bond donors (Lipinski definition) is 1. The molecular weight excluding hydrogens is 202 g/mol. The van der Waals surface area contributed by atoms with Gasteiger partial charge in [0, 0.05) is 12.2 Å². The number of hydrogen-bond acceptors (Lipinski definition) is 3. The highest BCUT2D eigenvalue weighted by atomic mass is 16.5. The van der Waals surface area contributed by atoms with Gasteiger partial charge in [-0.15, -0.1) is 6.42 Å². The molecule has 0 unspecified atom stereocenters. The number of esters is 1. The first kappa shape index (κ1) is 12.1. The van der Waals surface area contributed by atoms with Crippen LogP contribution in [0.2, 0.25) is 0 Å². The SMILES string of the molecule is C#CCOC(=O)c1cccc(NCCC)c1. The predicted molar refractivity (Wildman–Crippen MR) is 64.3 cm³/mol. The average Bonchev–Trinajstić information content (AvgIpc) is 2.33. The summed E-state index contributed by atoms with van der Waals surface area (Å²) in [6, 6.07) is 7.18. The normalized spacial score (nSPS) is 9.25. The van der Waals surface area contributed by atoms with Crippen LogP contribution in [0, 0.1) is 12.3 Å². The second-order valence-electron chi connectivity index (χ2n) is 3.29. The first-order valence-electron chi connectivity index (χ1n) is 5.22. The molecule has 0 aliphatic carbocycles. The van der Waals surface area contributed by atoms with Gasteiger partial charge in [0.1, 0.15) is 0 Å². The van der Waals surface area contributed by atoms with Gasteiger partial charge in [0.25, 0.3) is 0 Å². The Kier molecular flexibility index (Phi) is 4.94. The summed E-state index contributed by atoms with van der Waals surface area (Å²) < 4.78 is 4.83. The maximum atomic E-state index is 11.5. The van der Waals surface area contributed by atoms with Crippen LogP contribution in [-0.4, -0.2) is 19.1 Å². The summed E-state index contributed by atoms with van der Waals surface area (Å²) in [7, 11) is 0. The number of rotatable bonds is 5. The molecule has 0 saturated carbocycles. The van der Waals surface area contributed by atoms with Crippen LogP contribution in [0.25, 0.3) is 0 Å². The summed E-state index contributed by atoms with van der Waals surface area (Å²) in [6.45, 7) is 2.96. The van der Waals surface area contributed by atoms with Crippen molar-refractivity contribution in [2.75, 3.05) is 18.5 Å². The Labute approximate surface area is 95.8 Å². The first-order valence-corrected chi connectivity index (χ1v) is 5.22.